The fourth-order valence-electron chi connectivity index (χ4n) is 3.75. The van der Waals surface area contributed by atoms with E-state index in [-0.39, 0.29) is 0 Å². The normalized spacial score (nSPS) is 22.9. The van der Waals surface area contributed by atoms with E-state index >= 15 is 0 Å². The Morgan fingerprint density at radius 3 is 2.30 bits per heavy atom. The van der Waals surface area contributed by atoms with Crippen molar-refractivity contribution in [2.45, 2.75) is 66.8 Å². The zero-order valence-corrected chi connectivity index (χ0v) is 14.8. The predicted molar refractivity (Wildman–Crippen MR) is 90.1 cm³/mol. The van der Waals surface area contributed by atoms with Crippen LogP contribution in [0.5, 0.6) is 0 Å². The number of hydrogen-bond donors (Lipinski definition) is 1. The van der Waals surface area contributed by atoms with Gasteiger partial charge < -0.3 is 10.2 Å². The minimum atomic E-state index is 0.662. The predicted octanol–water partition coefficient (Wildman–Crippen LogP) is 4.01. The second kappa shape index (κ2) is 9.04. The monoisotopic (exact) mass is 282 g/mol. The van der Waals surface area contributed by atoms with E-state index in [4.69, 9.17) is 0 Å². The molecular formula is C18H38N2. The minimum absolute atomic E-state index is 0.662. The van der Waals surface area contributed by atoms with Gasteiger partial charge in [0.25, 0.3) is 0 Å². The van der Waals surface area contributed by atoms with Gasteiger partial charge in [-0.2, -0.15) is 0 Å². The van der Waals surface area contributed by atoms with E-state index < -0.39 is 0 Å². The smallest absolute Gasteiger partial charge is 0.00793 e. The van der Waals surface area contributed by atoms with Gasteiger partial charge in [-0.15, -0.1) is 0 Å². The number of nitrogens with zero attached hydrogens (tertiary/aromatic N) is 1. The van der Waals surface area contributed by atoms with Crippen LogP contribution in [0, 0.1) is 23.7 Å². The lowest BCUT2D eigenvalue weighted by atomic mass is 9.84. The molecular weight excluding hydrogens is 244 g/mol. The number of nitrogens with one attached hydrogen (secondary N) is 1. The molecule has 1 aliphatic rings. The van der Waals surface area contributed by atoms with Crippen molar-refractivity contribution in [2.24, 2.45) is 23.7 Å². The maximum atomic E-state index is 3.85. The van der Waals surface area contributed by atoms with E-state index in [1.165, 1.54) is 45.4 Å². The molecule has 0 bridgehead atoms. The Morgan fingerprint density at radius 2 is 1.75 bits per heavy atom. The highest BCUT2D eigenvalue weighted by Crippen LogP contribution is 2.22. The summed E-state index contributed by atoms with van der Waals surface area (Å²) < 4.78 is 0. The summed E-state index contributed by atoms with van der Waals surface area (Å²) in [5.74, 6) is 3.19. The third-order valence-corrected chi connectivity index (χ3v) is 5.18. The largest absolute Gasteiger partial charge is 0.314 e. The van der Waals surface area contributed by atoms with E-state index in [0.717, 1.165) is 23.7 Å². The second-order valence-electron chi connectivity index (χ2n) is 7.55. The van der Waals surface area contributed by atoms with Gasteiger partial charge in [0.1, 0.15) is 0 Å². The summed E-state index contributed by atoms with van der Waals surface area (Å²) in [7, 11) is 0. The van der Waals surface area contributed by atoms with E-state index in [1.54, 1.807) is 0 Å². The Labute approximate surface area is 127 Å². The lowest BCUT2D eigenvalue weighted by molar-refractivity contribution is 0.145. The van der Waals surface area contributed by atoms with Crippen molar-refractivity contribution >= 4 is 0 Å². The molecule has 0 aromatic rings. The molecule has 0 aliphatic carbocycles. The van der Waals surface area contributed by atoms with Gasteiger partial charge in [-0.3, -0.25) is 0 Å². The van der Waals surface area contributed by atoms with E-state index in [2.05, 4.69) is 51.8 Å². The maximum Gasteiger partial charge on any atom is 0.00793 e. The lowest BCUT2D eigenvalue weighted by Crippen LogP contribution is -2.46. The third-order valence-electron chi connectivity index (χ3n) is 5.18. The van der Waals surface area contributed by atoms with Crippen molar-refractivity contribution in [3.63, 3.8) is 0 Å². The van der Waals surface area contributed by atoms with Gasteiger partial charge in [0.05, 0.1) is 0 Å². The standard InChI is InChI=1S/C18H38N2/c1-7-10-20-11-8-9-17(13-20)16(6)19-12-18(14(2)3)15(4)5/h14-19H,7-13H2,1-6H3. The van der Waals surface area contributed by atoms with Gasteiger partial charge in [0.15, 0.2) is 0 Å². The topological polar surface area (TPSA) is 15.3 Å². The molecule has 0 amide bonds. The van der Waals surface area contributed by atoms with Crippen molar-refractivity contribution in [3.8, 4) is 0 Å². The van der Waals surface area contributed by atoms with Gasteiger partial charge in [-0.25, -0.2) is 0 Å². The van der Waals surface area contributed by atoms with Crippen molar-refractivity contribution < 1.29 is 0 Å². The highest BCUT2D eigenvalue weighted by molar-refractivity contribution is 4.81. The highest BCUT2D eigenvalue weighted by Gasteiger charge is 2.25. The molecule has 0 saturated carbocycles. The van der Waals surface area contributed by atoms with Gasteiger partial charge in [-0.05, 0) is 69.5 Å². The summed E-state index contributed by atoms with van der Waals surface area (Å²) in [6, 6.07) is 0.662. The molecule has 2 unspecified atom stereocenters. The summed E-state index contributed by atoms with van der Waals surface area (Å²) >= 11 is 0. The van der Waals surface area contributed by atoms with Gasteiger partial charge in [0, 0.05) is 12.6 Å². The minimum Gasteiger partial charge on any atom is -0.314 e. The number of hydrogen-bond acceptors (Lipinski definition) is 2. The number of piperidine rings is 1. The average molecular weight is 283 g/mol. The van der Waals surface area contributed by atoms with Crippen LogP contribution in [-0.2, 0) is 0 Å². The fourth-order valence-corrected chi connectivity index (χ4v) is 3.75. The second-order valence-corrected chi connectivity index (χ2v) is 7.55. The molecule has 2 nitrogen and oxygen atoms in total. The lowest BCUT2D eigenvalue weighted by Gasteiger charge is -2.37. The summed E-state index contributed by atoms with van der Waals surface area (Å²) in [4.78, 5) is 2.66. The number of likely N-dealkylation sites (tertiary alicyclic amines) is 1. The van der Waals surface area contributed by atoms with Gasteiger partial charge >= 0.3 is 0 Å². The van der Waals surface area contributed by atoms with Crippen molar-refractivity contribution in [1.29, 1.82) is 0 Å². The Kier molecular flexibility index (Phi) is 8.13. The first-order valence-electron chi connectivity index (χ1n) is 8.91. The zero-order valence-electron chi connectivity index (χ0n) is 14.8. The molecule has 20 heavy (non-hydrogen) atoms. The van der Waals surface area contributed by atoms with E-state index in [0.29, 0.717) is 6.04 Å². The molecule has 2 atom stereocenters. The average Bonchev–Trinajstić information content (AvgIpc) is 2.38. The van der Waals surface area contributed by atoms with Crippen molar-refractivity contribution in [1.82, 2.24) is 10.2 Å². The van der Waals surface area contributed by atoms with Crippen LogP contribution in [-0.4, -0.2) is 37.1 Å². The van der Waals surface area contributed by atoms with Gasteiger partial charge in [-0.1, -0.05) is 34.6 Å². The Morgan fingerprint density at radius 1 is 1.10 bits per heavy atom. The summed E-state index contributed by atoms with van der Waals surface area (Å²) in [6.45, 7) is 19.2. The highest BCUT2D eigenvalue weighted by atomic mass is 15.1. The Bertz CT molecular complexity index is 240. The molecule has 0 radical (unpaired) electrons. The fraction of sp³-hybridized carbons (Fsp3) is 1.00. The van der Waals surface area contributed by atoms with Crippen LogP contribution in [0.2, 0.25) is 0 Å². The van der Waals surface area contributed by atoms with Crippen LogP contribution < -0.4 is 5.32 Å². The van der Waals surface area contributed by atoms with Crippen molar-refractivity contribution in [2.75, 3.05) is 26.2 Å². The Hall–Kier alpha value is -0.0800. The van der Waals surface area contributed by atoms with Gasteiger partial charge in [0.2, 0.25) is 0 Å². The van der Waals surface area contributed by atoms with Crippen LogP contribution in [0.15, 0.2) is 0 Å². The molecule has 2 heteroatoms. The first-order valence-corrected chi connectivity index (χ1v) is 8.91. The van der Waals surface area contributed by atoms with E-state index in [1.807, 2.05) is 0 Å². The molecule has 1 saturated heterocycles. The molecule has 1 heterocycles. The van der Waals surface area contributed by atoms with E-state index in [9.17, 15) is 0 Å². The van der Waals surface area contributed by atoms with Crippen LogP contribution >= 0.6 is 0 Å². The van der Waals surface area contributed by atoms with Crippen LogP contribution in [0.3, 0.4) is 0 Å². The third kappa shape index (κ3) is 5.73. The molecule has 0 spiro atoms. The zero-order chi connectivity index (χ0) is 15.1. The molecule has 0 aromatic heterocycles. The molecule has 120 valence electrons. The molecule has 1 N–H and O–H groups in total. The Balaban J connectivity index is 2.39. The maximum absolute atomic E-state index is 3.85. The first kappa shape index (κ1) is 18.0. The summed E-state index contributed by atoms with van der Waals surface area (Å²) in [6.07, 6.45) is 4.08. The van der Waals surface area contributed by atoms with Crippen LogP contribution in [0.4, 0.5) is 0 Å². The number of rotatable bonds is 8. The molecule has 1 aliphatic heterocycles. The SMILES string of the molecule is CCCN1CCCC(C(C)NCC(C(C)C)C(C)C)C1. The summed E-state index contributed by atoms with van der Waals surface area (Å²) in [5.41, 5.74) is 0. The van der Waals surface area contributed by atoms with Crippen molar-refractivity contribution in [3.05, 3.63) is 0 Å². The molecule has 1 rings (SSSR count). The van der Waals surface area contributed by atoms with Crippen LogP contribution in [0.1, 0.15) is 60.8 Å². The first-order chi connectivity index (χ1) is 9.45. The molecule has 1 fully saturated rings. The van der Waals surface area contributed by atoms with Crippen LogP contribution in [0.25, 0.3) is 0 Å². The summed E-state index contributed by atoms with van der Waals surface area (Å²) in [5, 5.41) is 3.85. The molecule has 0 aromatic carbocycles. The quantitative estimate of drug-likeness (QED) is 0.723.